The highest BCUT2D eigenvalue weighted by atomic mass is 32.2. The summed E-state index contributed by atoms with van der Waals surface area (Å²) in [4.78, 5) is 13.7. The lowest BCUT2D eigenvalue weighted by Gasteiger charge is -2.24. The zero-order valence-electron chi connectivity index (χ0n) is 13.3. The number of carbonyl (C=O) groups is 1. The molecule has 0 spiro atoms. The molecule has 0 aromatic heterocycles. The van der Waals surface area contributed by atoms with Crippen LogP contribution < -0.4 is 5.32 Å². The van der Waals surface area contributed by atoms with Crippen LogP contribution in [0.3, 0.4) is 0 Å². The monoisotopic (exact) mass is 304 g/mol. The summed E-state index contributed by atoms with van der Waals surface area (Å²) in [5.74, 6) is 0. The number of rotatable bonds is 5. The lowest BCUT2D eigenvalue weighted by molar-refractivity contribution is 0.0291. The number of nitrogens with zero attached hydrogens (tertiary/aromatic N) is 1. The third-order valence-electron chi connectivity index (χ3n) is 3.39. The number of amides is 1. The van der Waals surface area contributed by atoms with E-state index in [0.717, 1.165) is 25.9 Å². The van der Waals surface area contributed by atoms with Gasteiger partial charge in [0.25, 0.3) is 0 Å². The third-order valence-corrected chi connectivity index (χ3v) is 4.76. The van der Waals surface area contributed by atoms with Gasteiger partial charge in [0.05, 0.1) is 0 Å². The van der Waals surface area contributed by atoms with E-state index in [1.165, 1.54) is 0 Å². The predicted molar refractivity (Wildman–Crippen MR) is 82.4 cm³/mol. The Bertz CT molecular complexity index is 355. The molecule has 0 aliphatic carbocycles. The molecule has 1 fully saturated rings. The highest BCUT2D eigenvalue weighted by Gasteiger charge is 2.29. The molecule has 1 aliphatic heterocycles. The van der Waals surface area contributed by atoms with Gasteiger partial charge in [0, 0.05) is 41.4 Å². The van der Waals surface area contributed by atoms with Gasteiger partial charge in [0.15, 0.2) is 0 Å². The molecular formula is C14H28N2O3S. The van der Waals surface area contributed by atoms with Crippen LogP contribution in [-0.2, 0) is 15.5 Å². The molecule has 118 valence electrons. The summed E-state index contributed by atoms with van der Waals surface area (Å²) >= 11 is 0. The topological polar surface area (TPSA) is 58.6 Å². The van der Waals surface area contributed by atoms with E-state index >= 15 is 0 Å². The normalized spacial score (nSPS) is 22.6. The average Bonchev–Trinajstić information content (AvgIpc) is 2.75. The molecule has 1 aliphatic rings. The molecule has 0 aromatic rings. The zero-order chi connectivity index (χ0) is 15.3. The number of ether oxygens (including phenoxy) is 1. The van der Waals surface area contributed by atoms with E-state index in [1.807, 2.05) is 27.7 Å². The first-order valence-corrected chi connectivity index (χ1v) is 8.84. The molecule has 0 bridgehead atoms. The fourth-order valence-corrected chi connectivity index (χ4v) is 2.53. The van der Waals surface area contributed by atoms with E-state index in [-0.39, 0.29) is 11.3 Å². The fraction of sp³-hybridized carbons (Fsp3) is 0.929. The number of hydrogen-bond acceptors (Lipinski definition) is 4. The molecule has 1 rings (SSSR count). The first kappa shape index (κ1) is 17.4. The highest BCUT2D eigenvalue weighted by molar-refractivity contribution is 7.84. The molecule has 0 saturated carbocycles. The van der Waals surface area contributed by atoms with Gasteiger partial charge in [0.1, 0.15) is 5.60 Å². The maximum Gasteiger partial charge on any atom is 0.410 e. The molecule has 3 unspecified atom stereocenters. The molecule has 0 aromatic carbocycles. The van der Waals surface area contributed by atoms with Crippen molar-refractivity contribution in [3.8, 4) is 0 Å². The Morgan fingerprint density at radius 3 is 2.70 bits per heavy atom. The quantitative estimate of drug-likeness (QED) is 0.840. The second kappa shape index (κ2) is 7.41. The Labute approximate surface area is 124 Å². The van der Waals surface area contributed by atoms with Gasteiger partial charge >= 0.3 is 6.09 Å². The first-order valence-electron chi connectivity index (χ1n) is 7.22. The van der Waals surface area contributed by atoms with Crippen LogP contribution in [0.5, 0.6) is 0 Å². The minimum Gasteiger partial charge on any atom is -0.444 e. The van der Waals surface area contributed by atoms with Crippen molar-refractivity contribution < 1.29 is 13.7 Å². The van der Waals surface area contributed by atoms with Crippen molar-refractivity contribution >= 4 is 16.9 Å². The van der Waals surface area contributed by atoms with E-state index in [4.69, 9.17) is 4.74 Å². The van der Waals surface area contributed by atoms with Crippen LogP contribution in [0.25, 0.3) is 0 Å². The Morgan fingerprint density at radius 2 is 2.15 bits per heavy atom. The number of nitrogens with one attached hydrogen (secondary N) is 1. The summed E-state index contributed by atoms with van der Waals surface area (Å²) in [6.07, 6.45) is 3.35. The van der Waals surface area contributed by atoms with Gasteiger partial charge in [-0.3, -0.25) is 4.21 Å². The Balaban J connectivity index is 2.26. The summed E-state index contributed by atoms with van der Waals surface area (Å²) in [6, 6.07) is 0.319. The van der Waals surface area contributed by atoms with Crippen molar-refractivity contribution in [3.63, 3.8) is 0 Å². The van der Waals surface area contributed by atoms with Crippen molar-refractivity contribution in [3.05, 3.63) is 0 Å². The molecule has 1 N–H and O–H groups in total. The molecule has 1 amide bonds. The summed E-state index contributed by atoms with van der Waals surface area (Å²) in [6.45, 7) is 9.91. The van der Waals surface area contributed by atoms with E-state index in [9.17, 15) is 9.00 Å². The number of hydrogen-bond donors (Lipinski definition) is 1. The van der Waals surface area contributed by atoms with Crippen molar-refractivity contribution in [2.45, 2.75) is 57.4 Å². The van der Waals surface area contributed by atoms with Crippen LogP contribution in [0.2, 0.25) is 0 Å². The van der Waals surface area contributed by atoms with Crippen LogP contribution >= 0.6 is 0 Å². The summed E-state index contributed by atoms with van der Waals surface area (Å²) in [5.41, 5.74) is -0.441. The maximum absolute atomic E-state index is 11.9. The lowest BCUT2D eigenvalue weighted by Crippen LogP contribution is -2.38. The number of likely N-dealkylation sites (tertiary alicyclic amines) is 1. The predicted octanol–water partition coefficient (Wildman–Crippen LogP) is 1.74. The van der Waals surface area contributed by atoms with E-state index in [0.29, 0.717) is 12.6 Å². The molecule has 1 heterocycles. The molecular weight excluding hydrogens is 276 g/mol. The van der Waals surface area contributed by atoms with Crippen molar-refractivity contribution in [1.82, 2.24) is 10.2 Å². The SMILES string of the molecule is CC(CCNC1CCN(C(=O)OC(C)(C)C)C1)S(C)=O. The Hall–Kier alpha value is -0.620. The van der Waals surface area contributed by atoms with Gasteiger partial charge in [0.2, 0.25) is 0 Å². The largest absolute Gasteiger partial charge is 0.444 e. The van der Waals surface area contributed by atoms with Gasteiger partial charge in [-0.25, -0.2) is 4.79 Å². The average molecular weight is 304 g/mol. The van der Waals surface area contributed by atoms with Crippen LogP contribution in [0.4, 0.5) is 4.79 Å². The van der Waals surface area contributed by atoms with Gasteiger partial charge in [-0.05, 0) is 40.2 Å². The molecule has 3 atom stereocenters. The van der Waals surface area contributed by atoms with Gasteiger partial charge in [-0.2, -0.15) is 0 Å². The molecule has 6 heteroatoms. The standard InChI is InChI=1S/C14H28N2O3S/c1-11(20(5)18)6-8-15-12-7-9-16(10-12)13(17)19-14(2,3)4/h11-12,15H,6-10H2,1-5H3. The van der Waals surface area contributed by atoms with Gasteiger partial charge in [-0.1, -0.05) is 6.92 Å². The molecule has 0 radical (unpaired) electrons. The first-order chi connectivity index (χ1) is 9.19. The molecule has 5 nitrogen and oxygen atoms in total. The van der Waals surface area contributed by atoms with Crippen LogP contribution in [0, 0.1) is 0 Å². The van der Waals surface area contributed by atoms with Gasteiger partial charge in [-0.15, -0.1) is 0 Å². The minimum atomic E-state index is -0.764. The lowest BCUT2D eigenvalue weighted by atomic mass is 10.2. The van der Waals surface area contributed by atoms with E-state index in [2.05, 4.69) is 5.32 Å². The van der Waals surface area contributed by atoms with Crippen molar-refractivity contribution in [2.24, 2.45) is 0 Å². The van der Waals surface area contributed by atoms with Crippen LogP contribution in [0.1, 0.15) is 40.5 Å². The van der Waals surface area contributed by atoms with E-state index in [1.54, 1.807) is 11.2 Å². The second-order valence-corrected chi connectivity index (χ2v) is 8.27. The van der Waals surface area contributed by atoms with Gasteiger partial charge < -0.3 is 15.0 Å². The summed E-state index contributed by atoms with van der Waals surface area (Å²) in [5, 5.41) is 3.64. The molecule has 1 saturated heterocycles. The van der Waals surface area contributed by atoms with Crippen LogP contribution in [-0.4, -0.2) is 58.0 Å². The summed E-state index contributed by atoms with van der Waals surface area (Å²) in [7, 11) is -0.764. The second-order valence-electron chi connectivity index (χ2n) is 6.46. The zero-order valence-corrected chi connectivity index (χ0v) is 14.1. The number of carbonyl (C=O) groups excluding carboxylic acids is 1. The summed E-state index contributed by atoms with van der Waals surface area (Å²) < 4.78 is 16.6. The fourth-order valence-electron chi connectivity index (χ4n) is 2.08. The third kappa shape index (κ3) is 6.22. The maximum atomic E-state index is 11.9. The molecule has 20 heavy (non-hydrogen) atoms. The van der Waals surface area contributed by atoms with Crippen molar-refractivity contribution in [1.29, 1.82) is 0 Å². The Morgan fingerprint density at radius 1 is 1.50 bits per heavy atom. The van der Waals surface area contributed by atoms with E-state index < -0.39 is 16.4 Å². The smallest absolute Gasteiger partial charge is 0.410 e. The highest BCUT2D eigenvalue weighted by Crippen LogP contribution is 2.15. The minimum absolute atomic E-state index is 0.214. The Kier molecular flexibility index (Phi) is 6.45. The van der Waals surface area contributed by atoms with Crippen LogP contribution in [0.15, 0.2) is 0 Å². The van der Waals surface area contributed by atoms with Crippen molar-refractivity contribution in [2.75, 3.05) is 25.9 Å².